The van der Waals surface area contributed by atoms with Crippen LogP contribution in [-0.4, -0.2) is 55.8 Å². The van der Waals surface area contributed by atoms with Crippen molar-refractivity contribution >= 4 is 28.3 Å². The van der Waals surface area contributed by atoms with Gasteiger partial charge in [0.15, 0.2) is 0 Å². The molecule has 1 aliphatic rings. The molecule has 0 aliphatic carbocycles. The van der Waals surface area contributed by atoms with Crippen molar-refractivity contribution in [1.82, 2.24) is 29.6 Å². The largest absolute Gasteiger partial charge is 0.382 e. The highest BCUT2D eigenvalue weighted by atomic mass is 35.5. The van der Waals surface area contributed by atoms with Crippen molar-refractivity contribution < 1.29 is 0 Å². The minimum absolute atomic E-state index is 0.191. The molecule has 0 atom stereocenters. The van der Waals surface area contributed by atoms with E-state index in [0.29, 0.717) is 35.4 Å². The van der Waals surface area contributed by atoms with E-state index in [2.05, 4.69) is 50.9 Å². The topological polar surface area (TPSA) is 94.6 Å². The highest BCUT2D eigenvalue weighted by molar-refractivity contribution is 6.30. The summed E-state index contributed by atoms with van der Waals surface area (Å²) in [6.45, 7) is 10.3. The van der Waals surface area contributed by atoms with Crippen LogP contribution in [0.4, 0.5) is 5.69 Å². The Morgan fingerprint density at radius 1 is 1.31 bits per heavy atom. The van der Waals surface area contributed by atoms with Crippen LogP contribution in [-0.2, 0) is 6.54 Å². The molecule has 1 aromatic carbocycles. The van der Waals surface area contributed by atoms with Gasteiger partial charge in [0.25, 0.3) is 5.56 Å². The quantitative estimate of drug-likeness (QED) is 0.314. The summed E-state index contributed by atoms with van der Waals surface area (Å²) in [5, 5.41) is 8.14. The van der Waals surface area contributed by atoms with Crippen molar-refractivity contribution in [3.8, 4) is 11.4 Å². The van der Waals surface area contributed by atoms with Crippen molar-refractivity contribution in [2.24, 2.45) is 0 Å². The number of nitrogens with zero attached hydrogens (tertiary/aromatic N) is 4. The lowest BCUT2D eigenvalue weighted by molar-refractivity contribution is 0.232. The Bertz CT molecular complexity index is 1390. The van der Waals surface area contributed by atoms with Gasteiger partial charge in [0.2, 0.25) is 0 Å². The van der Waals surface area contributed by atoms with Gasteiger partial charge in [0.1, 0.15) is 11.4 Å². The second kappa shape index (κ2) is 10.1. The molecule has 0 amide bonds. The molecule has 0 saturated carbocycles. The maximum absolute atomic E-state index is 12.8. The lowest BCUT2D eigenvalue weighted by atomic mass is 9.88. The molecular formula is C26H30ClN7O. The number of halogens is 1. The van der Waals surface area contributed by atoms with Gasteiger partial charge in [0, 0.05) is 25.5 Å². The molecule has 182 valence electrons. The molecule has 1 saturated heterocycles. The Balaban J connectivity index is 1.39. The predicted molar refractivity (Wildman–Crippen MR) is 141 cm³/mol. The predicted octanol–water partition coefficient (Wildman–Crippen LogP) is 4.55. The molecule has 35 heavy (non-hydrogen) atoms. The summed E-state index contributed by atoms with van der Waals surface area (Å²) in [5.74, 6) is 1.09. The number of benzene rings is 1. The van der Waals surface area contributed by atoms with E-state index in [0.717, 1.165) is 54.8 Å². The number of aromatic amines is 2. The average Bonchev–Trinajstić information content (AvgIpc) is 3.46. The van der Waals surface area contributed by atoms with E-state index in [1.807, 2.05) is 12.1 Å². The molecule has 3 N–H and O–H groups in total. The molecule has 0 unspecified atom stereocenters. The molecule has 3 aromatic heterocycles. The number of fused-ring (bicyclic) bond motifs is 1. The van der Waals surface area contributed by atoms with E-state index in [1.165, 1.54) is 5.56 Å². The van der Waals surface area contributed by atoms with E-state index in [9.17, 15) is 4.79 Å². The first-order valence-electron chi connectivity index (χ1n) is 12.0. The van der Waals surface area contributed by atoms with Crippen molar-refractivity contribution in [3.05, 3.63) is 75.9 Å². The van der Waals surface area contributed by atoms with Crippen LogP contribution in [0.1, 0.15) is 29.9 Å². The number of imidazole rings is 1. The molecule has 5 rings (SSSR count). The summed E-state index contributed by atoms with van der Waals surface area (Å²) in [5.41, 5.74) is 5.34. The first-order valence-corrected chi connectivity index (χ1v) is 12.4. The van der Waals surface area contributed by atoms with Gasteiger partial charge < -0.3 is 15.3 Å². The third-order valence-corrected chi connectivity index (χ3v) is 6.90. The van der Waals surface area contributed by atoms with E-state index in [4.69, 9.17) is 16.6 Å². The maximum Gasteiger partial charge on any atom is 0.261 e. The fourth-order valence-corrected chi connectivity index (χ4v) is 5.09. The third-order valence-electron chi connectivity index (χ3n) is 6.70. The zero-order chi connectivity index (χ0) is 24.4. The lowest BCUT2D eigenvalue weighted by Crippen LogP contribution is -2.32. The smallest absolute Gasteiger partial charge is 0.261 e. The van der Waals surface area contributed by atoms with Crippen LogP contribution < -0.4 is 10.9 Å². The van der Waals surface area contributed by atoms with Gasteiger partial charge in [-0.05, 0) is 62.0 Å². The summed E-state index contributed by atoms with van der Waals surface area (Å²) in [6.07, 6.45) is 9.26. The van der Waals surface area contributed by atoms with Gasteiger partial charge in [-0.25, -0.2) is 4.98 Å². The fourth-order valence-electron chi connectivity index (χ4n) is 4.93. The molecule has 4 aromatic rings. The number of hydrogen-bond donors (Lipinski definition) is 3. The Morgan fingerprint density at radius 2 is 2.14 bits per heavy atom. The van der Waals surface area contributed by atoms with E-state index in [-0.39, 0.29) is 5.56 Å². The minimum Gasteiger partial charge on any atom is -0.382 e. The highest BCUT2D eigenvalue weighted by Gasteiger charge is 2.22. The first kappa shape index (κ1) is 23.4. The number of H-pyrrole nitrogens is 2. The number of pyridine rings is 1. The zero-order valence-corrected chi connectivity index (χ0v) is 20.6. The molecule has 0 spiro atoms. The van der Waals surface area contributed by atoms with Crippen LogP contribution in [0.3, 0.4) is 0 Å². The van der Waals surface area contributed by atoms with Gasteiger partial charge in [-0.3, -0.25) is 14.4 Å². The van der Waals surface area contributed by atoms with Gasteiger partial charge in [-0.1, -0.05) is 23.7 Å². The lowest BCUT2D eigenvalue weighted by Gasteiger charge is -2.31. The first-order chi connectivity index (χ1) is 17.0. The normalized spacial score (nSPS) is 15.0. The molecule has 4 heterocycles. The molecular weight excluding hydrogens is 462 g/mol. The van der Waals surface area contributed by atoms with Gasteiger partial charge in [0.05, 0.1) is 34.5 Å². The molecule has 1 fully saturated rings. The maximum atomic E-state index is 12.8. The number of piperidine rings is 1. The van der Waals surface area contributed by atoms with Crippen LogP contribution in [0.5, 0.6) is 0 Å². The van der Waals surface area contributed by atoms with E-state index >= 15 is 0 Å². The summed E-state index contributed by atoms with van der Waals surface area (Å²) >= 11 is 5.95. The third kappa shape index (κ3) is 5.04. The van der Waals surface area contributed by atoms with Gasteiger partial charge in [-0.15, -0.1) is 6.58 Å². The van der Waals surface area contributed by atoms with Crippen LogP contribution in [0.25, 0.3) is 22.4 Å². The molecule has 9 heteroatoms. The Morgan fingerprint density at radius 3 is 2.89 bits per heavy atom. The summed E-state index contributed by atoms with van der Waals surface area (Å²) in [4.78, 5) is 26.3. The summed E-state index contributed by atoms with van der Waals surface area (Å²) < 4.78 is 1.76. The molecule has 0 bridgehead atoms. The SMILES string of the molecule is C=CCN1CCC(c2cc(C)c3nc(-c4c(NCCn5cc(Cl)cn5)cc[nH]c4=O)[nH]c3c2)CC1. The van der Waals surface area contributed by atoms with Gasteiger partial charge in [-0.2, -0.15) is 5.10 Å². The molecule has 0 radical (unpaired) electrons. The average molecular weight is 492 g/mol. The standard InChI is InChI=1S/C26H30ClN7O/c1-3-9-33-10-5-18(6-11-33)19-13-17(2)24-22(14-19)31-25(32-24)23-21(4-7-29-26(23)35)28-8-12-34-16-20(27)15-30-34/h3-4,7,13-16,18H,1,5-6,8-12H2,2H3,(H,31,32)(H2,28,29,35). The summed E-state index contributed by atoms with van der Waals surface area (Å²) in [6, 6.07) is 6.32. The number of aromatic nitrogens is 5. The van der Waals surface area contributed by atoms with E-state index < -0.39 is 0 Å². The number of nitrogens with one attached hydrogen (secondary N) is 3. The van der Waals surface area contributed by atoms with Crippen molar-refractivity contribution in [3.63, 3.8) is 0 Å². The second-order valence-corrected chi connectivity index (χ2v) is 9.56. The fraction of sp³-hybridized carbons (Fsp3) is 0.346. The number of hydrogen-bond acceptors (Lipinski definition) is 5. The number of anilines is 1. The van der Waals surface area contributed by atoms with Crippen LogP contribution in [0.15, 0.2) is 54.2 Å². The second-order valence-electron chi connectivity index (χ2n) is 9.13. The number of aryl methyl sites for hydroxylation is 1. The van der Waals surface area contributed by atoms with Crippen LogP contribution in [0.2, 0.25) is 5.02 Å². The van der Waals surface area contributed by atoms with Gasteiger partial charge >= 0.3 is 0 Å². The van der Waals surface area contributed by atoms with Crippen LogP contribution in [0, 0.1) is 6.92 Å². The Labute approximate surface area is 209 Å². The minimum atomic E-state index is -0.191. The van der Waals surface area contributed by atoms with Crippen molar-refractivity contribution in [2.75, 3.05) is 31.5 Å². The molecule has 8 nitrogen and oxygen atoms in total. The van der Waals surface area contributed by atoms with Crippen LogP contribution >= 0.6 is 11.6 Å². The van der Waals surface area contributed by atoms with Crippen molar-refractivity contribution in [2.45, 2.75) is 32.2 Å². The van der Waals surface area contributed by atoms with Crippen molar-refractivity contribution in [1.29, 1.82) is 0 Å². The number of rotatable bonds is 8. The Hall–Kier alpha value is -3.36. The zero-order valence-electron chi connectivity index (χ0n) is 19.9. The summed E-state index contributed by atoms with van der Waals surface area (Å²) in [7, 11) is 0. The Kier molecular flexibility index (Phi) is 6.74. The number of likely N-dealkylation sites (tertiary alicyclic amines) is 1. The highest BCUT2D eigenvalue weighted by Crippen LogP contribution is 2.32. The molecule has 1 aliphatic heterocycles. The van der Waals surface area contributed by atoms with E-state index in [1.54, 1.807) is 23.3 Å². The monoisotopic (exact) mass is 491 g/mol.